The van der Waals surface area contributed by atoms with Gasteiger partial charge in [0.1, 0.15) is 0 Å². The molecule has 1 heterocycles. The van der Waals surface area contributed by atoms with E-state index in [1.54, 1.807) is 37.4 Å². The highest BCUT2D eigenvalue weighted by atomic mass is 32.2. The Labute approximate surface area is 231 Å². The standard InChI is InChI=1S/C29H33N3O5S2/c1-30(29(33)17-10-25-8-13-27(14-9-25)38(2,34)35)26-11-15-28(16-12-26)39(36,37)32-22-20-31(21-23-32)19-18-24-6-4-3-5-7-24/h3-17H,18-23H2,1-2H3. The zero-order chi connectivity index (χ0) is 28.0. The molecule has 8 nitrogen and oxygen atoms in total. The van der Waals surface area contributed by atoms with Crippen molar-refractivity contribution in [1.82, 2.24) is 9.21 Å². The van der Waals surface area contributed by atoms with E-state index in [1.807, 2.05) is 18.2 Å². The minimum Gasteiger partial charge on any atom is -0.312 e. The van der Waals surface area contributed by atoms with Crippen LogP contribution >= 0.6 is 0 Å². The summed E-state index contributed by atoms with van der Waals surface area (Å²) in [6, 6.07) is 22.8. The molecule has 0 aromatic heterocycles. The first kappa shape index (κ1) is 28.7. The van der Waals surface area contributed by atoms with Gasteiger partial charge in [-0.3, -0.25) is 4.79 Å². The second kappa shape index (κ2) is 12.3. The molecule has 0 unspecified atom stereocenters. The molecule has 0 bridgehead atoms. The Morgan fingerprint density at radius 2 is 1.41 bits per heavy atom. The van der Waals surface area contributed by atoms with E-state index in [9.17, 15) is 21.6 Å². The van der Waals surface area contributed by atoms with Gasteiger partial charge in [-0.15, -0.1) is 0 Å². The molecule has 1 aliphatic heterocycles. The Morgan fingerprint density at radius 1 is 0.821 bits per heavy atom. The molecule has 1 fully saturated rings. The van der Waals surface area contributed by atoms with Gasteiger partial charge in [0, 0.05) is 57.8 Å². The molecule has 0 atom stereocenters. The van der Waals surface area contributed by atoms with Crippen LogP contribution in [0.4, 0.5) is 5.69 Å². The molecule has 206 valence electrons. The van der Waals surface area contributed by atoms with Gasteiger partial charge in [0.15, 0.2) is 9.84 Å². The lowest BCUT2D eigenvalue weighted by Crippen LogP contribution is -2.49. The van der Waals surface area contributed by atoms with Gasteiger partial charge in [0.2, 0.25) is 10.0 Å². The van der Waals surface area contributed by atoms with Crippen LogP contribution in [0.3, 0.4) is 0 Å². The zero-order valence-electron chi connectivity index (χ0n) is 22.1. The van der Waals surface area contributed by atoms with Crippen LogP contribution in [0.5, 0.6) is 0 Å². The predicted molar refractivity (Wildman–Crippen MR) is 154 cm³/mol. The molecule has 0 spiro atoms. The van der Waals surface area contributed by atoms with Crippen LogP contribution in [0.15, 0.2) is 94.7 Å². The number of hydrogen-bond acceptors (Lipinski definition) is 6. The van der Waals surface area contributed by atoms with Gasteiger partial charge >= 0.3 is 0 Å². The van der Waals surface area contributed by atoms with Crippen LogP contribution in [0.25, 0.3) is 6.08 Å². The summed E-state index contributed by atoms with van der Waals surface area (Å²) in [7, 11) is -5.30. The molecule has 39 heavy (non-hydrogen) atoms. The summed E-state index contributed by atoms with van der Waals surface area (Å²) in [5.41, 5.74) is 2.52. The van der Waals surface area contributed by atoms with Gasteiger partial charge in [-0.05, 0) is 60.0 Å². The quantitative estimate of drug-likeness (QED) is 0.368. The molecule has 3 aromatic carbocycles. The number of hydrogen-bond donors (Lipinski definition) is 0. The predicted octanol–water partition coefficient (Wildman–Crippen LogP) is 3.32. The van der Waals surface area contributed by atoms with Crippen molar-refractivity contribution in [2.75, 3.05) is 50.9 Å². The minimum atomic E-state index is -3.63. The highest BCUT2D eigenvalue weighted by Crippen LogP contribution is 2.22. The molecule has 0 N–H and O–H groups in total. The zero-order valence-corrected chi connectivity index (χ0v) is 23.7. The number of likely N-dealkylation sites (N-methyl/N-ethyl adjacent to an activating group) is 1. The van der Waals surface area contributed by atoms with Gasteiger partial charge in [-0.1, -0.05) is 42.5 Å². The summed E-state index contributed by atoms with van der Waals surface area (Å²) in [4.78, 5) is 16.8. The molecule has 4 rings (SSSR count). The Balaban J connectivity index is 1.32. The maximum absolute atomic E-state index is 13.2. The average molecular weight is 568 g/mol. The molecule has 1 saturated heterocycles. The van der Waals surface area contributed by atoms with Crippen molar-refractivity contribution in [3.63, 3.8) is 0 Å². The maximum atomic E-state index is 13.2. The van der Waals surface area contributed by atoms with Crippen molar-refractivity contribution >= 4 is 37.5 Å². The second-order valence-corrected chi connectivity index (χ2v) is 13.5. The van der Waals surface area contributed by atoms with E-state index < -0.39 is 19.9 Å². The fraction of sp³-hybridized carbons (Fsp3) is 0.276. The number of benzene rings is 3. The van der Waals surface area contributed by atoms with Crippen molar-refractivity contribution < 1.29 is 21.6 Å². The molecule has 10 heteroatoms. The van der Waals surface area contributed by atoms with E-state index >= 15 is 0 Å². The third-order valence-electron chi connectivity index (χ3n) is 6.81. The summed E-state index contributed by atoms with van der Waals surface area (Å²) in [6.07, 6.45) is 5.06. The number of sulfonamides is 1. The van der Waals surface area contributed by atoms with E-state index in [-0.39, 0.29) is 15.7 Å². The second-order valence-electron chi connectivity index (χ2n) is 9.55. The first-order chi connectivity index (χ1) is 18.5. The Kier molecular flexibility index (Phi) is 9.01. The first-order valence-electron chi connectivity index (χ1n) is 12.7. The van der Waals surface area contributed by atoms with Gasteiger partial charge in [0.25, 0.3) is 5.91 Å². The summed E-state index contributed by atoms with van der Waals surface area (Å²) >= 11 is 0. The van der Waals surface area contributed by atoms with E-state index in [1.165, 1.54) is 45.1 Å². The maximum Gasteiger partial charge on any atom is 0.250 e. The minimum absolute atomic E-state index is 0.200. The highest BCUT2D eigenvalue weighted by Gasteiger charge is 2.28. The molecule has 3 aromatic rings. The van der Waals surface area contributed by atoms with Crippen molar-refractivity contribution in [3.8, 4) is 0 Å². The lowest BCUT2D eigenvalue weighted by Gasteiger charge is -2.34. The SMILES string of the molecule is CN(C(=O)C=Cc1ccc(S(C)(=O)=O)cc1)c1ccc(S(=O)(=O)N2CCN(CCc3ccccc3)CC2)cc1. The van der Waals surface area contributed by atoms with E-state index in [2.05, 4.69) is 17.0 Å². The van der Waals surface area contributed by atoms with Gasteiger partial charge in [-0.25, -0.2) is 16.8 Å². The van der Waals surface area contributed by atoms with E-state index in [0.29, 0.717) is 37.4 Å². The first-order valence-corrected chi connectivity index (χ1v) is 16.0. The number of piperazine rings is 1. The number of rotatable bonds is 9. The van der Waals surface area contributed by atoms with Crippen LogP contribution in [-0.2, 0) is 31.1 Å². The van der Waals surface area contributed by atoms with Crippen molar-refractivity contribution in [2.24, 2.45) is 0 Å². The summed E-state index contributed by atoms with van der Waals surface area (Å²) in [5, 5.41) is 0. The van der Waals surface area contributed by atoms with Crippen LogP contribution < -0.4 is 4.90 Å². The Bertz CT molecular complexity index is 1510. The normalized spacial score (nSPS) is 15.4. The number of sulfone groups is 1. The Hall–Kier alpha value is -3.31. The number of carbonyl (C=O) groups is 1. The number of amides is 1. The van der Waals surface area contributed by atoms with Crippen LogP contribution in [-0.4, -0.2) is 78.0 Å². The fourth-order valence-corrected chi connectivity index (χ4v) is 6.40. The lowest BCUT2D eigenvalue weighted by molar-refractivity contribution is -0.113. The van der Waals surface area contributed by atoms with E-state index in [4.69, 9.17) is 0 Å². The largest absolute Gasteiger partial charge is 0.312 e. The number of anilines is 1. The highest BCUT2D eigenvalue weighted by molar-refractivity contribution is 7.90. The van der Waals surface area contributed by atoms with Gasteiger partial charge in [-0.2, -0.15) is 4.31 Å². The topological polar surface area (TPSA) is 95.1 Å². The summed E-state index contributed by atoms with van der Waals surface area (Å²) < 4.78 is 51.1. The fourth-order valence-electron chi connectivity index (χ4n) is 4.35. The number of carbonyl (C=O) groups excluding carboxylic acids is 1. The smallest absolute Gasteiger partial charge is 0.250 e. The molecular weight excluding hydrogens is 534 g/mol. The Morgan fingerprint density at radius 3 is 2.00 bits per heavy atom. The van der Waals surface area contributed by atoms with Crippen molar-refractivity contribution in [2.45, 2.75) is 16.2 Å². The summed E-state index contributed by atoms with van der Waals surface area (Å²) in [6.45, 7) is 3.14. The van der Waals surface area contributed by atoms with Crippen molar-refractivity contribution in [1.29, 1.82) is 0 Å². The molecule has 1 amide bonds. The van der Waals surface area contributed by atoms with Crippen molar-refractivity contribution in [3.05, 3.63) is 96.1 Å². The third kappa shape index (κ3) is 7.42. The number of nitrogens with zero attached hydrogens (tertiary/aromatic N) is 3. The molecular formula is C29H33N3O5S2. The van der Waals surface area contributed by atoms with Gasteiger partial charge < -0.3 is 9.80 Å². The average Bonchev–Trinajstić information content (AvgIpc) is 2.95. The van der Waals surface area contributed by atoms with Crippen LogP contribution in [0, 0.1) is 0 Å². The summed E-state index contributed by atoms with van der Waals surface area (Å²) in [5.74, 6) is -0.301. The third-order valence-corrected chi connectivity index (χ3v) is 9.85. The molecule has 0 aliphatic carbocycles. The van der Waals surface area contributed by atoms with Crippen LogP contribution in [0.1, 0.15) is 11.1 Å². The lowest BCUT2D eigenvalue weighted by atomic mass is 10.1. The molecule has 0 saturated carbocycles. The molecule has 1 aliphatic rings. The van der Waals surface area contributed by atoms with E-state index in [0.717, 1.165) is 19.2 Å². The monoisotopic (exact) mass is 567 g/mol. The molecule has 0 radical (unpaired) electrons. The van der Waals surface area contributed by atoms with Gasteiger partial charge in [0.05, 0.1) is 9.79 Å². The van der Waals surface area contributed by atoms with Crippen LogP contribution in [0.2, 0.25) is 0 Å².